The number of rotatable bonds is 9. The number of allylic oxidation sites excluding steroid dienone is 7. The summed E-state index contributed by atoms with van der Waals surface area (Å²) in [5.74, 6) is 0.514. The van der Waals surface area contributed by atoms with E-state index in [-0.39, 0.29) is 5.79 Å². The standard InChI is InChI=1S/C12H17Cl.C11H22O2/c1-5-8-12(13)9-11(7-3)10(4)6-2;1-4-6-11(7-5-10(2)3)12-8-9-13-11/h6-9H,3,5H2,1-2,4H3;10H,4-9H2,1-3H3/b10-6-,11-9-,12-8+;. The molecule has 1 aliphatic heterocycles. The zero-order valence-corrected chi connectivity index (χ0v) is 18.5. The van der Waals surface area contributed by atoms with Crippen LogP contribution in [0.3, 0.4) is 0 Å². The van der Waals surface area contributed by atoms with E-state index < -0.39 is 0 Å². The molecule has 1 rings (SSSR count). The first-order valence-corrected chi connectivity index (χ1v) is 10.3. The minimum absolute atomic E-state index is 0.223. The molecule has 0 amide bonds. The van der Waals surface area contributed by atoms with Crippen LogP contribution in [0.2, 0.25) is 0 Å². The SMILES string of the molecule is C=CC(=C/C(Cl)=C\CC)/C(C)=C\C.CCCC1(CCC(C)C)OCCO1. The molecular formula is C23H39ClO2. The Morgan fingerprint density at radius 1 is 1.19 bits per heavy atom. The molecule has 2 nitrogen and oxygen atoms in total. The van der Waals surface area contributed by atoms with Gasteiger partial charge in [0.2, 0.25) is 0 Å². The van der Waals surface area contributed by atoms with Crippen LogP contribution in [0.5, 0.6) is 0 Å². The Labute approximate surface area is 167 Å². The van der Waals surface area contributed by atoms with Crippen LogP contribution in [0.25, 0.3) is 0 Å². The topological polar surface area (TPSA) is 18.5 Å². The Bertz CT molecular complexity index is 480. The minimum atomic E-state index is -0.223. The van der Waals surface area contributed by atoms with Crippen LogP contribution in [-0.4, -0.2) is 19.0 Å². The van der Waals surface area contributed by atoms with E-state index in [2.05, 4.69) is 34.3 Å². The van der Waals surface area contributed by atoms with Crippen molar-refractivity contribution in [2.75, 3.05) is 13.2 Å². The molecule has 1 saturated heterocycles. The molecule has 1 aliphatic rings. The smallest absolute Gasteiger partial charge is 0.168 e. The summed E-state index contributed by atoms with van der Waals surface area (Å²) >= 11 is 5.97. The summed E-state index contributed by atoms with van der Waals surface area (Å²) in [7, 11) is 0. The highest BCUT2D eigenvalue weighted by Crippen LogP contribution is 2.31. The highest BCUT2D eigenvalue weighted by molar-refractivity contribution is 6.31. The van der Waals surface area contributed by atoms with E-state index in [9.17, 15) is 0 Å². The van der Waals surface area contributed by atoms with E-state index in [1.165, 1.54) is 12.0 Å². The second kappa shape index (κ2) is 14.3. The van der Waals surface area contributed by atoms with Crippen molar-refractivity contribution in [3.63, 3.8) is 0 Å². The van der Waals surface area contributed by atoms with Gasteiger partial charge in [0.15, 0.2) is 5.79 Å². The van der Waals surface area contributed by atoms with Gasteiger partial charge in [-0.15, -0.1) is 0 Å². The maximum Gasteiger partial charge on any atom is 0.168 e. The third-order valence-electron chi connectivity index (χ3n) is 4.35. The summed E-state index contributed by atoms with van der Waals surface area (Å²) in [5.41, 5.74) is 2.27. The molecular weight excluding hydrogens is 344 g/mol. The zero-order valence-electron chi connectivity index (χ0n) is 17.7. The van der Waals surface area contributed by atoms with E-state index in [0.717, 1.165) is 55.4 Å². The van der Waals surface area contributed by atoms with Crippen molar-refractivity contribution in [1.29, 1.82) is 0 Å². The first-order chi connectivity index (χ1) is 12.3. The van der Waals surface area contributed by atoms with Gasteiger partial charge in [-0.3, -0.25) is 0 Å². The van der Waals surface area contributed by atoms with Crippen molar-refractivity contribution >= 4 is 11.6 Å². The molecule has 1 heterocycles. The van der Waals surface area contributed by atoms with Gasteiger partial charge in [0, 0.05) is 17.9 Å². The molecule has 1 fully saturated rings. The van der Waals surface area contributed by atoms with Gasteiger partial charge in [0.05, 0.1) is 13.2 Å². The molecule has 0 radical (unpaired) electrons. The first-order valence-electron chi connectivity index (χ1n) is 9.95. The average molecular weight is 383 g/mol. The largest absolute Gasteiger partial charge is 0.348 e. The molecule has 0 aromatic carbocycles. The molecule has 0 spiro atoms. The number of hydrogen-bond donors (Lipinski definition) is 0. The molecule has 0 aliphatic carbocycles. The molecule has 0 aromatic heterocycles. The third kappa shape index (κ3) is 10.4. The molecule has 0 N–H and O–H groups in total. The fourth-order valence-electron chi connectivity index (χ4n) is 2.70. The predicted octanol–water partition coefficient (Wildman–Crippen LogP) is 7.56. The van der Waals surface area contributed by atoms with Crippen molar-refractivity contribution in [3.05, 3.63) is 47.1 Å². The van der Waals surface area contributed by atoms with Crippen molar-refractivity contribution in [2.45, 2.75) is 79.4 Å². The number of hydrogen-bond acceptors (Lipinski definition) is 2. The van der Waals surface area contributed by atoms with Crippen molar-refractivity contribution in [3.8, 4) is 0 Å². The van der Waals surface area contributed by atoms with Gasteiger partial charge < -0.3 is 9.47 Å². The Morgan fingerprint density at radius 3 is 2.23 bits per heavy atom. The van der Waals surface area contributed by atoms with Crippen LogP contribution in [0, 0.1) is 5.92 Å². The molecule has 150 valence electrons. The lowest BCUT2D eigenvalue weighted by atomic mass is 9.99. The highest BCUT2D eigenvalue weighted by Gasteiger charge is 2.34. The van der Waals surface area contributed by atoms with E-state index in [4.69, 9.17) is 21.1 Å². The number of ether oxygens (including phenoxy) is 2. The van der Waals surface area contributed by atoms with Crippen LogP contribution in [0.15, 0.2) is 47.1 Å². The maximum absolute atomic E-state index is 5.97. The second-order valence-electron chi connectivity index (χ2n) is 7.06. The minimum Gasteiger partial charge on any atom is -0.348 e. The summed E-state index contributed by atoms with van der Waals surface area (Å²) in [6, 6.07) is 0. The van der Waals surface area contributed by atoms with Gasteiger partial charge in [-0.05, 0) is 49.8 Å². The van der Waals surface area contributed by atoms with Gasteiger partial charge in [-0.1, -0.05) is 70.5 Å². The van der Waals surface area contributed by atoms with Gasteiger partial charge in [-0.2, -0.15) is 0 Å². The lowest BCUT2D eigenvalue weighted by Crippen LogP contribution is -2.30. The van der Waals surface area contributed by atoms with Gasteiger partial charge in [0.1, 0.15) is 0 Å². The molecule has 3 heteroatoms. The van der Waals surface area contributed by atoms with E-state index in [1.54, 1.807) is 0 Å². The fourth-order valence-corrected chi connectivity index (χ4v) is 2.97. The molecule has 0 saturated carbocycles. The lowest BCUT2D eigenvalue weighted by Gasteiger charge is -2.27. The molecule has 0 aromatic rings. The van der Waals surface area contributed by atoms with Crippen molar-refractivity contribution < 1.29 is 9.47 Å². The zero-order chi connectivity index (χ0) is 20.0. The van der Waals surface area contributed by atoms with Crippen LogP contribution >= 0.6 is 11.6 Å². The predicted molar refractivity (Wildman–Crippen MR) is 116 cm³/mol. The summed E-state index contributed by atoms with van der Waals surface area (Å²) in [5, 5.41) is 0.776. The second-order valence-corrected chi connectivity index (χ2v) is 7.50. The summed E-state index contributed by atoms with van der Waals surface area (Å²) in [6.07, 6.45) is 13.2. The Morgan fingerprint density at radius 2 is 1.81 bits per heavy atom. The number of halogens is 1. The van der Waals surface area contributed by atoms with Gasteiger partial charge in [-0.25, -0.2) is 0 Å². The molecule has 0 bridgehead atoms. The molecule has 0 atom stereocenters. The normalized spacial score (nSPS) is 17.9. The van der Waals surface area contributed by atoms with Gasteiger partial charge >= 0.3 is 0 Å². The summed E-state index contributed by atoms with van der Waals surface area (Å²) < 4.78 is 11.4. The van der Waals surface area contributed by atoms with E-state index in [1.807, 2.05) is 38.2 Å². The first kappa shape index (κ1) is 25.2. The Balaban J connectivity index is 0.000000481. The average Bonchev–Trinajstić information content (AvgIpc) is 3.07. The monoisotopic (exact) mass is 382 g/mol. The Kier molecular flexibility index (Phi) is 13.8. The maximum atomic E-state index is 5.97. The fraction of sp³-hybridized carbons (Fsp3) is 0.652. The van der Waals surface area contributed by atoms with Crippen molar-refractivity contribution in [2.24, 2.45) is 5.92 Å². The van der Waals surface area contributed by atoms with Crippen molar-refractivity contribution in [1.82, 2.24) is 0 Å². The van der Waals surface area contributed by atoms with Gasteiger partial charge in [0.25, 0.3) is 0 Å². The lowest BCUT2D eigenvalue weighted by molar-refractivity contribution is -0.169. The van der Waals surface area contributed by atoms with Crippen LogP contribution in [0.4, 0.5) is 0 Å². The van der Waals surface area contributed by atoms with E-state index in [0.29, 0.717) is 0 Å². The van der Waals surface area contributed by atoms with Crippen LogP contribution < -0.4 is 0 Å². The quantitative estimate of drug-likeness (QED) is 0.383. The summed E-state index contributed by atoms with van der Waals surface area (Å²) in [4.78, 5) is 0. The highest BCUT2D eigenvalue weighted by atomic mass is 35.5. The summed E-state index contributed by atoms with van der Waals surface area (Å²) in [6.45, 7) is 18.1. The van der Waals surface area contributed by atoms with E-state index >= 15 is 0 Å². The Hall–Kier alpha value is -0.830. The molecule has 0 unspecified atom stereocenters. The van der Waals surface area contributed by atoms with Crippen LogP contribution in [0.1, 0.15) is 73.6 Å². The third-order valence-corrected chi connectivity index (χ3v) is 4.61. The van der Waals surface area contributed by atoms with Crippen LogP contribution in [-0.2, 0) is 9.47 Å². The molecule has 26 heavy (non-hydrogen) atoms.